The second-order valence-corrected chi connectivity index (χ2v) is 5.49. The van der Waals surface area contributed by atoms with E-state index in [-0.39, 0.29) is 24.0 Å². The molecule has 0 aromatic carbocycles. The van der Waals surface area contributed by atoms with Gasteiger partial charge in [-0.3, -0.25) is 4.99 Å². The Hall–Kier alpha value is -0.370. The average molecular weight is 396 g/mol. The minimum Gasteiger partial charge on any atom is -0.357 e. The monoisotopic (exact) mass is 396 g/mol. The lowest BCUT2D eigenvalue weighted by atomic mass is 10.3. The topological polar surface area (TPSA) is 49.3 Å². The number of nitrogens with one attached hydrogen (secondary N) is 2. The van der Waals surface area contributed by atoms with Crippen LogP contribution in [0.25, 0.3) is 0 Å². The molecule has 19 heavy (non-hydrogen) atoms. The largest absolute Gasteiger partial charge is 0.357 e. The Morgan fingerprint density at radius 1 is 1.47 bits per heavy atom. The third-order valence-electron chi connectivity index (χ3n) is 2.25. The zero-order valence-electron chi connectivity index (χ0n) is 12.2. The molecule has 0 radical (unpaired) electrons. The van der Waals surface area contributed by atoms with E-state index in [1.54, 1.807) is 11.3 Å². The normalized spacial score (nSPS) is 11.3. The quantitative estimate of drug-likeness (QED) is 0.337. The van der Waals surface area contributed by atoms with Gasteiger partial charge in [-0.05, 0) is 34.1 Å². The molecule has 4 nitrogen and oxygen atoms in total. The maximum absolute atomic E-state index is 4.55. The predicted molar refractivity (Wildman–Crippen MR) is 94.8 cm³/mol. The molecule has 1 aromatic heterocycles. The molecule has 1 rings (SSSR count). The van der Waals surface area contributed by atoms with Crippen molar-refractivity contribution >= 4 is 41.3 Å². The van der Waals surface area contributed by atoms with E-state index >= 15 is 0 Å². The van der Waals surface area contributed by atoms with Crippen molar-refractivity contribution in [1.29, 1.82) is 0 Å². The molecule has 0 spiro atoms. The van der Waals surface area contributed by atoms with Crippen molar-refractivity contribution in [3.05, 3.63) is 16.1 Å². The molecule has 0 atom stereocenters. The second-order valence-electron chi connectivity index (χ2n) is 4.55. The Morgan fingerprint density at radius 2 is 2.21 bits per heavy atom. The Labute approximate surface area is 137 Å². The highest BCUT2D eigenvalue weighted by Crippen LogP contribution is 2.10. The van der Waals surface area contributed by atoms with E-state index < -0.39 is 0 Å². The molecule has 110 valence electrons. The third kappa shape index (κ3) is 8.41. The van der Waals surface area contributed by atoms with Gasteiger partial charge in [0, 0.05) is 36.6 Å². The van der Waals surface area contributed by atoms with Crippen LogP contribution in [0.5, 0.6) is 0 Å². The van der Waals surface area contributed by atoms with Gasteiger partial charge in [0.05, 0.1) is 5.01 Å². The molecule has 0 saturated heterocycles. The van der Waals surface area contributed by atoms with E-state index in [9.17, 15) is 0 Å². The first-order valence-electron chi connectivity index (χ1n) is 6.57. The smallest absolute Gasteiger partial charge is 0.191 e. The van der Waals surface area contributed by atoms with Gasteiger partial charge in [0.25, 0.3) is 0 Å². The van der Waals surface area contributed by atoms with Crippen molar-refractivity contribution in [3.63, 3.8) is 0 Å². The Morgan fingerprint density at radius 3 is 2.74 bits per heavy atom. The number of hydrogen-bond donors (Lipinski definition) is 2. The zero-order valence-corrected chi connectivity index (χ0v) is 15.3. The number of guanidine groups is 1. The Kier molecular flexibility index (Phi) is 10.2. The molecule has 0 saturated carbocycles. The molecule has 0 aliphatic carbocycles. The summed E-state index contributed by atoms with van der Waals surface area (Å²) < 4.78 is 0. The highest BCUT2D eigenvalue weighted by atomic mass is 127. The first-order chi connectivity index (χ1) is 8.61. The van der Waals surface area contributed by atoms with Gasteiger partial charge < -0.3 is 10.6 Å². The molecule has 0 fully saturated rings. The van der Waals surface area contributed by atoms with Gasteiger partial charge in [-0.1, -0.05) is 0 Å². The van der Waals surface area contributed by atoms with E-state index in [0.717, 1.165) is 37.6 Å². The first-order valence-corrected chi connectivity index (χ1v) is 7.45. The van der Waals surface area contributed by atoms with Gasteiger partial charge in [0.15, 0.2) is 5.96 Å². The average Bonchev–Trinajstić information content (AvgIpc) is 2.70. The highest BCUT2D eigenvalue weighted by Gasteiger charge is 2.00. The van der Waals surface area contributed by atoms with Gasteiger partial charge >= 0.3 is 0 Å². The SMILES string of the molecule is CCNC(=NCCCc1nc(C)cs1)NC(C)C.I. The minimum absolute atomic E-state index is 0. The molecule has 0 unspecified atom stereocenters. The van der Waals surface area contributed by atoms with Crippen LogP contribution in [0.3, 0.4) is 0 Å². The van der Waals surface area contributed by atoms with Crippen LogP contribution in [0, 0.1) is 6.92 Å². The summed E-state index contributed by atoms with van der Waals surface area (Å²) in [5, 5.41) is 9.86. The van der Waals surface area contributed by atoms with Crippen LogP contribution in [0.15, 0.2) is 10.4 Å². The summed E-state index contributed by atoms with van der Waals surface area (Å²) in [6.07, 6.45) is 2.06. The number of thiazole rings is 1. The third-order valence-corrected chi connectivity index (χ3v) is 3.28. The Bertz CT molecular complexity index is 376. The number of aromatic nitrogens is 1. The van der Waals surface area contributed by atoms with Crippen molar-refractivity contribution in [2.24, 2.45) is 4.99 Å². The molecular weight excluding hydrogens is 371 g/mol. The fourth-order valence-electron chi connectivity index (χ4n) is 1.53. The number of aliphatic imine (C=N–C) groups is 1. The summed E-state index contributed by atoms with van der Waals surface area (Å²) >= 11 is 1.74. The second kappa shape index (κ2) is 10.4. The van der Waals surface area contributed by atoms with Gasteiger partial charge in [-0.25, -0.2) is 4.98 Å². The molecule has 1 heterocycles. The fraction of sp³-hybridized carbons (Fsp3) is 0.692. The lowest BCUT2D eigenvalue weighted by Crippen LogP contribution is -2.41. The summed E-state index contributed by atoms with van der Waals surface area (Å²) in [7, 11) is 0. The lowest BCUT2D eigenvalue weighted by molar-refractivity contribution is 0.696. The molecule has 1 aromatic rings. The summed E-state index contributed by atoms with van der Waals surface area (Å²) in [5.41, 5.74) is 1.12. The number of rotatable bonds is 6. The summed E-state index contributed by atoms with van der Waals surface area (Å²) in [6.45, 7) is 10.1. The van der Waals surface area contributed by atoms with Gasteiger partial charge in [-0.2, -0.15) is 0 Å². The number of hydrogen-bond acceptors (Lipinski definition) is 3. The number of halogens is 1. The Balaban J connectivity index is 0.00000324. The molecule has 0 bridgehead atoms. The highest BCUT2D eigenvalue weighted by molar-refractivity contribution is 14.0. The van der Waals surface area contributed by atoms with E-state index in [0.29, 0.717) is 6.04 Å². The zero-order chi connectivity index (χ0) is 13.4. The van der Waals surface area contributed by atoms with Crippen LogP contribution < -0.4 is 10.6 Å². The van der Waals surface area contributed by atoms with Gasteiger partial charge in [0.2, 0.25) is 0 Å². The maximum Gasteiger partial charge on any atom is 0.191 e. The summed E-state index contributed by atoms with van der Waals surface area (Å²) in [4.78, 5) is 9.00. The van der Waals surface area contributed by atoms with Crippen molar-refractivity contribution in [2.45, 2.75) is 46.6 Å². The molecule has 0 aliphatic rings. The molecule has 0 aliphatic heterocycles. The standard InChI is InChI=1S/C13H24N4S.HI/c1-5-14-13(16-10(2)3)15-8-6-7-12-17-11(4)9-18-12;/h9-10H,5-8H2,1-4H3,(H2,14,15,16);1H. The van der Waals surface area contributed by atoms with Gasteiger partial charge in [-0.15, -0.1) is 35.3 Å². The van der Waals surface area contributed by atoms with Crippen molar-refractivity contribution in [3.8, 4) is 0 Å². The van der Waals surface area contributed by atoms with Crippen LogP contribution in [-0.4, -0.2) is 30.1 Å². The van der Waals surface area contributed by atoms with Crippen LogP contribution >= 0.6 is 35.3 Å². The van der Waals surface area contributed by atoms with Crippen molar-refractivity contribution in [1.82, 2.24) is 15.6 Å². The van der Waals surface area contributed by atoms with Crippen LogP contribution in [0.1, 0.15) is 37.9 Å². The lowest BCUT2D eigenvalue weighted by Gasteiger charge is -2.13. The molecule has 2 N–H and O–H groups in total. The van der Waals surface area contributed by atoms with Crippen LogP contribution in [0.2, 0.25) is 0 Å². The van der Waals surface area contributed by atoms with E-state index in [1.165, 1.54) is 5.01 Å². The van der Waals surface area contributed by atoms with E-state index in [2.05, 4.69) is 46.8 Å². The first kappa shape index (κ1) is 18.6. The van der Waals surface area contributed by atoms with Gasteiger partial charge in [0.1, 0.15) is 0 Å². The van der Waals surface area contributed by atoms with Crippen molar-refractivity contribution in [2.75, 3.05) is 13.1 Å². The fourth-order valence-corrected chi connectivity index (χ4v) is 2.35. The summed E-state index contributed by atoms with van der Waals surface area (Å²) in [5.74, 6) is 0.905. The summed E-state index contributed by atoms with van der Waals surface area (Å²) in [6, 6.07) is 0.407. The number of nitrogens with zero attached hydrogens (tertiary/aromatic N) is 2. The van der Waals surface area contributed by atoms with Crippen LogP contribution in [-0.2, 0) is 6.42 Å². The van der Waals surface area contributed by atoms with Crippen LogP contribution in [0.4, 0.5) is 0 Å². The van der Waals surface area contributed by atoms with E-state index in [1.807, 2.05) is 6.92 Å². The molecule has 0 amide bonds. The molecule has 6 heteroatoms. The molecular formula is C13H25IN4S. The maximum atomic E-state index is 4.55. The van der Waals surface area contributed by atoms with Crippen molar-refractivity contribution < 1.29 is 0 Å². The minimum atomic E-state index is 0. The van der Waals surface area contributed by atoms with E-state index in [4.69, 9.17) is 0 Å². The number of aryl methyl sites for hydroxylation is 2. The predicted octanol–water partition coefficient (Wildman–Crippen LogP) is 2.97.